The number of pyridine rings is 4. The monoisotopic (exact) mass is 769 g/mol. The van der Waals surface area contributed by atoms with E-state index in [1.807, 2.05) is 46.5 Å². The zero-order valence-corrected chi connectivity index (χ0v) is 31.9. The minimum absolute atomic E-state index is 0. The van der Waals surface area contributed by atoms with E-state index in [2.05, 4.69) is 147 Å². The van der Waals surface area contributed by atoms with Crippen LogP contribution in [0.15, 0.2) is 122 Å². The van der Waals surface area contributed by atoms with Crippen LogP contribution in [0.5, 0.6) is 0 Å². The number of rotatable bonds is 4. The van der Waals surface area contributed by atoms with Crippen LogP contribution in [0.1, 0.15) is 22.8 Å². The molecule has 7 aromatic heterocycles. The van der Waals surface area contributed by atoms with Crippen molar-refractivity contribution in [2.75, 3.05) is 0 Å². The number of halogens is 1. The van der Waals surface area contributed by atoms with E-state index in [1.54, 1.807) is 0 Å². The van der Waals surface area contributed by atoms with E-state index in [9.17, 15) is 0 Å². The quantitative estimate of drug-likeness (QED) is 0.204. The Morgan fingerprint density at radius 2 is 0.556 bits per heavy atom. The molecule has 7 aromatic rings. The third kappa shape index (κ3) is 6.68. The Bertz CT molecular complexity index is 2370. The van der Waals surface area contributed by atoms with Gasteiger partial charge in [0.05, 0.1) is 22.8 Å². The molecule has 8 nitrogen and oxygen atoms in total. The molecular formula is C44H36ClN8Ni+3. The summed E-state index contributed by atoms with van der Waals surface area (Å²) < 4.78 is 8.14. The van der Waals surface area contributed by atoms with E-state index in [0.717, 1.165) is 89.4 Å². The van der Waals surface area contributed by atoms with Crippen LogP contribution in [0.2, 0.25) is 0 Å². The Hall–Kier alpha value is -6.02. The van der Waals surface area contributed by atoms with Crippen molar-refractivity contribution in [1.82, 2.24) is 19.9 Å². The van der Waals surface area contributed by atoms with Crippen LogP contribution < -0.4 is 40.6 Å². The predicted octanol–water partition coefficient (Wildman–Crippen LogP) is 2.88. The van der Waals surface area contributed by atoms with E-state index < -0.39 is 0 Å². The Balaban J connectivity index is 0.00000225. The summed E-state index contributed by atoms with van der Waals surface area (Å²) in [6.45, 7) is 0. The van der Waals surface area contributed by atoms with Crippen molar-refractivity contribution in [3.8, 4) is 44.5 Å². The van der Waals surface area contributed by atoms with Crippen molar-refractivity contribution in [2.45, 2.75) is 0 Å². The molecule has 2 aliphatic heterocycles. The maximum atomic E-state index is 5.35. The summed E-state index contributed by atoms with van der Waals surface area (Å²) >= 11 is 0. The number of aromatic nitrogens is 8. The minimum atomic E-state index is 0. The van der Waals surface area contributed by atoms with Gasteiger partial charge in [0, 0.05) is 48.5 Å². The molecule has 0 N–H and O–H groups in total. The zero-order valence-electron chi connectivity index (χ0n) is 30.1. The number of nitrogens with zero attached hydrogens (tertiary/aromatic N) is 8. The predicted molar refractivity (Wildman–Crippen MR) is 203 cm³/mol. The fourth-order valence-corrected chi connectivity index (χ4v) is 6.94. The standard InChI is InChI=1S/C44H36N8.ClH.Ni/c1-49-21-13-29(14-22-49)41-33-5-7-35(45-33)42(30-15-23-50(2)24-16-30)37-9-11-39(47-37)44(32-19-27-52(4)28-20-32)40-12-10-38(48-40)43(36-8-6-34(41)46-36)31-17-25-51(3)26-18-31;;/h5-28H,1-4H3;1H;/q+2;;+2/p-1. The van der Waals surface area contributed by atoms with Gasteiger partial charge in [-0.15, -0.1) is 22.1 Å². The zero-order chi connectivity index (χ0) is 35.3. The summed E-state index contributed by atoms with van der Waals surface area (Å²) in [5, 5.41) is 0. The molecule has 0 atom stereocenters. The van der Waals surface area contributed by atoms with E-state index in [0.29, 0.717) is 0 Å². The van der Waals surface area contributed by atoms with Crippen LogP contribution in [0.4, 0.5) is 0 Å². The van der Waals surface area contributed by atoms with Gasteiger partial charge < -0.3 is 22.4 Å². The first-order valence-corrected chi connectivity index (χ1v) is 17.3. The van der Waals surface area contributed by atoms with Gasteiger partial charge in [-0.05, 0) is 68.8 Å². The van der Waals surface area contributed by atoms with E-state index in [-0.39, 0.29) is 28.9 Å². The summed E-state index contributed by atoms with van der Waals surface area (Å²) in [4.78, 5) is 21.4. The molecule has 266 valence electrons. The first-order valence-electron chi connectivity index (χ1n) is 17.3. The minimum Gasteiger partial charge on any atom is -1.00 e. The number of hydrogen-bond acceptors (Lipinski definition) is 2. The van der Waals surface area contributed by atoms with Crippen LogP contribution >= 0.6 is 0 Å². The fourth-order valence-electron chi connectivity index (χ4n) is 6.94. The Morgan fingerprint density at radius 1 is 0.352 bits per heavy atom. The molecule has 0 fully saturated rings. The first-order chi connectivity index (χ1) is 25.4. The van der Waals surface area contributed by atoms with Gasteiger partial charge in [0.15, 0.2) is 49.6 Å². The number of fused-ring (bicyclic) bond motifs is 8. The maximum absolute atomic E-state index is 5.35. The molecule has 2 aliphatic rings. The second kappa shape index (κ2) is 14.8. The van der Waals surface area contributed by atoms with Crippen molar-refractivity contribution in [3.63, 3.8) is 0 Å². The second-order valence-electron chi connectivity index (χ2n) is 13.4. The summed E-state index contributed by atoms with van der Waals surface area (Å²) in [7, 11) is 8.10. The molecule has 0 spiro atoms. The van der Waals surface area contributed by atoms with Crippen molar-refractivity contribution in [2.24, 2.45) is 28.2 Å². The van der Waals surface area contributed by atoms with Gasteiger partial charge in [-0.2, -0.15) is 0 Å². The fraction of sp³-hybridized carbons (Fsp3) is 0.0909. The van der Waals surface area contributed by atoms with E-state index in [1.165, 1.54) is 0 Å². The van der Waals surface area contributed by atoms with Crippen molar-refractivity contribution >= 4 is 46.4 Å². The molecule has 9 rings (SSSR count). The summed E-state index contributed by atoms with van der Waals surface area (Å²) in [6.07, 6.45) is 24.9. The molecule has 0 aliphatic carbocycles. The van der Waals surface area contributed by atoms with Crippen LogP contribution in [-0.2, 0) is 44.7 Å². The molecule has 0 radical (unpaired) electrons. The topological polar surface area (TPSA) is 69.5 Å². The van der Waals surface area contributed by atoms with E-state index in [4.69, 9.17) is 19.9 Å². The molecule has 0 saturated carbocycles. The van der Waals surface area contributed by atoms with Gasteiger partial charge in [-0.25, -0.2) is 28.2 Å². The van der Waals surface area contributed by atoms with Crippen LogP contribution in [-0.4, -0.2) is 9.97 Å². The van der Waals surface area contributed by atoms with Gasteiger partial charge in [0.2, 0.25) is 0 Å². The Labute approximate surface area is 329 Å². The molecule has 0 unspecified atom stereocenters. The largest absolute Gasteiger partial charge is 2.00 e. The molecule has 0 saturated heterocycles. The summed E-state index contributed by atoms with van der Waals surface area (Å²) in [6, 6.07) is 25.4. The number of hydrogen-bond donors (Lipinski definition) is 0. The maximum Gasteiger partial charge on any atom is 2.00 e. The Kier molecular flexibility index (Phi) is 9.95. The summed E-state index contributed by atoms with van der Waals surface area (Å²) in [5.41, 5.74) is 14.7. The van der Waals surface area contributed by atoms with Crippen LogP contribution in [0.25, 0.3) is 90.9 Å². The van der Waals surface area contributed by atoms with Gasteiger partial charge in [-0.1, -0.05) is 24.3 Å². The molecule has 9 heterocycles. The normalized spacial score (nSPS) is 11.6. The van der Waals surface area contributed by atoms with Crippen LogP contribution in [0.3, 0.4) is 0 Å². The molecule has 0 aromatic carbocycles. The van der Waals surface area contributed by atoms with Crippen molar-refractivity contribution in [1.29, 1.82) is 0 Å². The van der Waals surface area contributed by atoms with Crippen molar-refractivity contribution in [3.05, 3.63) is 145 Å². The van der Waals surface area contributed by atoms with Crippen molar-refractivity contribution < 1.29 is 47.2 Å². The molecule has 54 heavy (non-hydrogen) atoms. The molecule has 0 amide bonds. The van der Waals surface area contributed by atoms with Gasteiger partial charge >= 0.3 is 16.5 Å². The average molecular weight is 771 g/mol. The van der Waals surface area contributed by atoms with Gasteiger partial charge in [-0.3, -0.25) is 0 Å². The molecule has 10 heteroatoms. The van der Waals surface area contributed by atoms with Gasteiger partial charge in [0.25, 0.3) is 0 Å². The Morgan fingerprint density at radius 3 is 0.759 bits per heavy atom. The van der Waals surface area contributed by atoms with Crippen LogP contribution in [0, 0.1) is 0 Å². The van der Waals surface area contributed by atoms with Gasteiger partial charge in [0.1, 0.15) is 28.2 Å². The third-order valence-corrected chi connectivity index (χ3v) is 9.68. The number of aryl methyl sites for hydroxylation is 4. The van der Waals surface area contributed by atoms with E-state index >= 15 is 0 Å². The second-order valence-corrected chi connectivity index (χ2v) is 13.4. The summed E-state index contributed by atoms with van der Waals surface area (Å²) in [5.74, 6) is 0. The smallest absolute Gasteiger partial charge is 1.00 e. The average Bonchev–Trinajstić information content (AvgIpc) is 3.99. The third-order valence-electron chi connectivity index (χ3n) is 9.68. The first kappa shape index (κ1) is 36.3. The molecule has 8 bridgehead atoms. The SMILES string of the molecule is C[n+]1ccc(-c2c3nc(c(-c4cc[n+](C)cc4)c4ccc([n-]4)c(-c4cc[n+](C)cc4)c4nc(c(-c5cc[n+](C)cc5)c5ccc2[n-]5)C=C4)C=C3)cc1.[Cl-].[Ni+2]. The molecular weight excluding hydrogens is 735 g/mol.